The Morgan fingerprint density at radius 2 is 1.83 bits per heavy atom. The molecule has 0 aliphatic carbocycles. The van der Waals surface area contributed by atoms with Crippen LogP contribution < -0.4 is 10.7 Å². The highest BCUT2D eigenvalue weighted by atomic mass is 16.5. The van der Waals surface area contributed by atoms with E-state index in [0.29, 0.717) is 5.52 Å². The van der Waals surface area contributed by atoms with E-state index in [-0.39, 0.29) is 5.56 Å². The van der Waals surface area contributed by atoms with E-state index in [1.54, 1.807) is 6.07 Å². The quantitative estimate of drug-likeness (QED) is 0.658. The molecule has 0 saturated carbocycles. The predicted molar refractivity (Wildman–Crippen MR) is 70.6 cm³/mol. The molecule has 2 aromatic heterocycles. The van der Waals surface area contributed by atoms with Gasteiger partial charge in [0.2, 0.25) is 0 Å². The third kappa shape index (κ3) is 1.28. The molecular formula is C13H13N3O2. The molecule has 2 heterocycles. The Labute approximate surface area is 103 Å². The monoisotopic (exact) mass is 243 g/mol. The zero-order valence-corrected chi connectivity index (χ0v) is 10.2. The summed E-state index contributed by atoms with van der Waals surface area (Å²) in [4.78, 5) is 11.9. The van der Waals surface area contributed by atoms with Crippen LogP contribution in [0.3, 0.4) is 0 Å². The van der Waals surface area contributed by atoms with Crippen LogP contribution in [0.25, 0.3) is 21.9 Å². The van der Waals surface area contributed by atoms with E-state index in [1.165, 1.54) is 17.8 Å². The first-order valence-electron chi connectivity index (χ1n) is 5.63. The van der Waals surface area contributed by atoms with Gasteiger partial charge >= 0.3 is 0 Å². The summed E-state index contributed by atoms with van der Waals surface area (Å²) in [6.45, 7) is 0. The molecule has 0 amide bonds. The van der Waals surface area contributed by atoms with Crippen LogP contribution in [0.5, 0.6) is 0 Å². The number of para-hydroxylation sites is 1. The van der Waals surface area contributed by atoms with Crippen molar-refractivity contribution < 1.29 is 5.21 Å². The normalized spacial score (nSPS) is 11.3. The molecule has 0 aliphatic heterocycles. The molecule has 5 nitrogen and oxygen atoms in total. The fourth-order valence-electron chi connectivity index (χ4n) is 2.42. The Balaban J connectivity index is 2.66. The Morgan fingerprint density at radius 3 is 2.56 bits per heavy atom. The number of nitrogens with zero attached hydrogens (tertiary/aromatic N) is 3. The van der Waals surface area contributed by atoms with Crippen LogP contribution in [-0.4, -0.2) is 21.5 Å². The van der Waals surface area contributed by atoms with Crippen molar-refractivity contribution in [2.75, 3.05) is 12.2 Å². The van der Waals surface area contributed by atoms with Gasteiger partial charge < -0.3 is 4.57 Å². The van der Waals surface area contributed by atoms with Crippen molar-refractivity contribution in [2.45, 2.75) is 0 Å². The second kappa shape index (κ2) is 3.61. The largest absolute Gasteiger partial charge is 0.342 e. The number of hydroxylamine groups is 1. The maximum Gasteiger partial charge on any atom is 0.271 e. The van der Waals surface area contributed by atoms with Gasteiger partial charge in [-0.2, -0.15) is 9.85 Å². The van der Waals surface area contributed by atoms with Crippen LogP contribution in [0.1, 0.15) is 0 Å². The van der Waals surface area contributed by atoms with Gasteiger partial charge in [-0.25, -0.2) is 0 Å². The number of fused-ring (bicyclic) bond motifs is 3. The molecule has 3 aromatic rings. The number of aryl methyl sites for hydroxylation is 1. The molecule has 0 unspecified atom stereocenters. The van der Waals surface area contributed by atoms with E-state index >= 15 is 0 Å². The van der Waals surface area contributed by atoms with Gasteiger partial charge in [-0.1, -0.05) is 18.2 Å². The average molecular weight is 243 g/mol. The molecule has 1 N–H and O–H groups in total. The van der Waals surface area contributed by atoms with Crippen molar-refractivity contribution in [3.05, 3.63) is 46.8 Å². The minimum absolute atomic E-state index is 0.260. The molecule has 0 radical (unpaired) electrons. The van der Waals surface area contributed by atoms with Crippen molar-refractivity contribution >= 4 is 21.9 Å². The number of pyridine rings is 1. The van der Waals surface area contributed by atoms with Gasteiger partial charge in [-0.15, -0.1) is 0 Å². The fraction of sp³-hybridized carbons (Fsp3) is 0.154. The molecule has 5 heteroatoms. The molecule has 0 aliphatic rings. The van der Waals surface area contributed by atoms with Crippen LogP contribution in [0.15, 0.2) is 41.2 Å². The van der Waals surface area contributed by atoms with E-state index in [1.807, 2.05) is 35.9 Å². The number of hydrogen-bond donors (Lipinski definition) is 1. The molecule has 0 spiro atoms. The van der Waals surface area contributed by atoms with Crippen LogP contribution in [0.2, 0.25) is 0 Å². The third-order valence-electron chi connectivity index (χ3n) is 3.22. The first-order chi connectivity index (χ1) is 8.61. The standard InChI is InChI=1S/C13H13N3O2/c1-14-10-6-4-3-5-9(10)13-11(14)7-8-12(17)16(13)15(2)18/h3-8,18H,1-2H3. The Hall–Kier alpha value is -2.27. The summed E-state index contributed by atoms with van der Waals surface area (Å²) < 4.78 is 3.27. The number of aromatic nitrogens is 2. The molecule has 3 rings (SSSR count). The highest BCUT2D eigenvalue weighted by molar-refractivity contribution is 6.05. The van der Waals surface area contributed by atoms with Gasteiger partial charge in [-0.05, 0) is 12.1 Å². The van der Waals surface area contributed by atoms with Crippen LogP contribution in [0.4, 0.5) is 0 Å². The minimum atomic E-state index is -0.260. The molecule has 0 saturated heterocycles. The zero-order valence-electron chi connectivity index (χ0n) is 10.2. The second-order valence-electron chi connectivity index (χ2n) is 4.28. The minimum Gasteiger partial charge on any atom is -0.342 e. The van der Waals surface area contributed by atoms with Gasteiger partial charge in [0.25, 0.3) is 5.56 Å². The Kier molecular flexibility index (Phi) is 2.18. The molecule has 92 valence electrons. The topological polar surface area (TPSA) is 50.4 Å². The number of hydrogen-bond acceptors (Lipinski definition) is 3. The summed E-state index contributed by atoms with van der Waals surface area (Å²) in [6.07, 6.45) is 0. The van der Waals surface area contributed by atoms with Crippen molar-refractivity contribution in [2.24, 2.45) is 7.05 Å². The summed E-state index contributed by atoms with van der Waals surface area (Å²) >= 11 is 0. The summed E-state index contributed by atoms with van der Waals surface area (Å²) in [6, 6.07) is 11.0. The van der Waals surface area contributed by atoms with E-state index in [4.69, 9.17) is 0 Å². The van der Waals surface area contributed by atoms with Crippen LogP contribution >= 0.6 is 0 Å². The van der Waals surface area contributed by atoms with Crippen molar-refractivity contribution in [3.63, 3.8) is 0 Å². The summed E-state index contributed by atoms with van der Waals surface area (Å²) in [5, 5.41) is 11.4. The Bertz CT molecular complexity index is 799. The van der Waals surface area contributed by atoms with E-state index in [9.17, 15) is 10.0 Å². The van der Waals surface area contributed by atoms with Gasteiger partial charge in [0.05, 0.1) is 18.1 Å². The Morgan fingerprint density at radius 1 is 1.11 bits per heavy atom. The molecule has 0 fully saturated rings. The average Bonchev–Trinajstić information content (AvgIpc) is 2.63. The lowest BCUT2D eigenvalue weighted by Gasteiger charge is -2.14. The van der Waals surface area contributed by atoms with Crippen LogP contribution in [-0.2, 0) is 7.05 Å². The lowest BCUT2D eigenvalue weighted by atomic mass is 10.2. The summed E-state index contributed by atoms with van der Waals surface area (Å²) in [5.74, 6) is 0. The van der Waals surface area contributed by atoms with Crippen molar-refractivity contribution in [3.8, 4) is 0 Å². The molecule has 18 heavy (non-hydrogen) atoms. The maximum absolute atomic E-state index is 11.9. The smallest absolute Gasteiger partial charge is 0.271 e. The molecule has 0 atom stereocenters. The van der Waals surface area contributed by atoms with Crippen molar-refractivity contribution in [1.29, 1.82) is 0 Å². The van der Waals surface area contributed by atoms with Crippen molar-refractivity contribution in [1.82, 2.24) is 9.24 Å². The summed E-state index contributed by atoms with van der Waals surface area (Å²) in [5.41, 5.74) is 2.37. The van der Waals surface area contributed by atoms with Gasteiger partial charge in [0.15, 0.2) is 0 Å². The van der Waals surface area contributed by atoms with E-state index in [0.717, 1.165) is 21.6 Å². The van der Waals surface area contributed by atoms with Gasteiger partial charge in [-0.3, -0.25) is 10.0 Å². The van der Waals surface area contributed by atoms with Gasteiger partial charge in [0.1, 0.15) is 5.52 Å². The zero-order chi connectivity index (χ0) is 12.9. The second-order valence-corrected chi connectivity index (χ2v) is 4.28. The van der Waals surface area contributed by atoms with Crippen LogP contribution in [0, 0.1) is 0 Å². The number of benzene rings is 1. The lowest BCUT2D eigenvalue weighted by Crippen LogP contribution is -2.36. The van der Waals surface area contributed by atoms with Gasteiger partial charge in [0, 0.05) is 18.5 Å². The SMILES string of the molecule is CN(O)n1c(=O)ccc2c1c1ccccc1n2C. The van der Waals surface area contributed by atoms with E-state index < -0.39 is 0 Å². The third-order valence-corrected chi connectivity index (χ3v) is 3.22. The first-order valence-corrected chi connectivity index (χ1v) is 5.63. The molecule has 0 bridgehead atoms. The lowest BCUT2D eigenvalue weighted by molar-refractivity contribution is 0.197. The highest BCUT2D eigenvalue weighted by Crippen LogP contribution is 2.26. The molecule has 1 aromatic carbocycles. The summed E-state index contributed by atoms with van der Waals surface area (Å²) in [7, 11) is 3.37. The highest BCUT2D eigenvalue weighted by Gasteiger charge is 2.13. The van der Waals surface area contributed by atoms with E-state index in [2.05, 4.69) is 0 Å². The molecular weight excluding hydrogens is 230 g/mol. The fourth-order valence-corrected chi connectivity index (χ4v) is 2.42. The maximum atomic E-state index is 11.9. The number of rotatable bonds is 1. The predicted octanol–water partition coefficient (Wildman–Crippen LogP) is 1.45. The first kappa shape index (κ1) is 10.9.